The van der Waals surface area contributed by atoms with Gasteiger partial charge in [0.2, 0.25) is 5.91 Å². The molecule has 6 heteroatoms. The monoisotopic (exact) mass is 330 g/mol. The highest BCUT2D eigenvalue weighted by Gasteiger charge is 2.47. The average molecular weight is 330 g/mol. The van der Waals surface area contributed by atoms with Gasteiger partial charge in [-0.15, -0.1) is 11.3 Å². The zero-order chi connectivity index (χ0) is 16.0. The fourth-order valence-corrected chi connectivity index (χ4v) is 4.57. The van der Waals surface area contributed by atoms with Crippen molar-refractivity contribution in [1.82, 2.24) is 19.7 Å². The van der Waals surface area contributed by atoms with Crippen LogP contribution in [0, 0.1) is 12.8 Å². The summed E-state index contributed by atoms with van der Waals surface area (Å²) in [5.41, 5.74) is 2.29. The van der Waals surface area contributed by atoms with Gasteiger partial charge in [0.25, 0.3) is 0 Å². The molecular weight excluding hydrogens is 308 g/mol. The first kappa shape index (κ1) is 14.9. The van der Waals surface area contributed by atoms with E-state index >= 15 is 0 Å². The van der Waals surface area contributed by atoms with Gasteiger partial charge < -0.3 is 4.90 Å². The van der Waals surface area contributed by atoms with Crippen molar-refractivity contribution < 1.29 is 4.79 Å². The Morgan fingerprint density at radius 1 is 1.43 bits per heavy atom. The van der Waals surface area contributed by atoms with Crippen molar-refractivity contribution in [3.05, 3.63) is 34.0 Å². The SMILES string of the molecule is Cc1csc([C@@H]2CCCN(C(=O)[C@@H]3C[C@H]3c3cnn(C)c3)C2)n1. The Morgan fingerprint density at radius 3 is 3.00 bits per heavy atom. The van der Waals surface area contributed by atoms with Crippen LogP contribution in [0.3, 0.4) is 0 Å². The van der Waals surface area contributed by atoms with E-state index in [0.29, 0.717) is 17.7 Å². The molecule has 2 aromatic heterocycles. The van der Waals surface area contributed by atoms with Crippen LogP contribution >= 0.6 is 11.3 Å². The van der Waals surface area contributed by atoms with Crippen molar-refractivity contribution >= 4 is 17.2 Å². The molecule has 122 valence electrons. The molecule has 1 amide bonds. The van der Waals surface area contributed by atoms with Gasteiger partial charge >= 0.3 is 0 Å². The molecule has 23 heavy (non-hydrogen) atoms. The maximum Gasteiger partial charge on any atom is 0.226 e. The lowest BCUT2D eigenvalue weighted by atomic mass is 9.98. The summed E-state index contributed by atoms with van der Waals surface area (Å²) in [4.78, 5) is 19.5. The quantitative estimate of drug-likeness (QED) is 0.869. The van der Waals surface area contributed by atoms with Gasteiger partial charge in [0.1, 0.15) is 0 Å². The molecule has 0 aromatic carbocycles. The molecule has 3 heterocycles. The first-order chi connectivity index (χ1) is 11.1. The number of rotatable bonds is 3. The van der Waals surface area contributed by atoms with E-state index in [4.69, 9.17) is 0 Å². The molecule has 1 aliphatic carbocycles. The summed E-state index contributed by atoms with van der Waals surface area (Å²) < 4.78 is 1.82. The summed E-state index contributed by atoms with van der Waals surface area (Å²) >= 11 is 1.73. The fraction of sp³-hybridized carbons (Fsp3) is 0.588. The van der Waals surface area contributed by atoms with Gasteiger partial charge in [0.05, 0.1) is 11.2 Å². The summed E-state index contributed by atoms with van der Waals surface area (Å²) in [5, 5.41) is 7.52. The second kappa shape index (κ2) is 5.74. The number of piperidine rings is 1. The number of hydrogen-bond donors (Lipinski definition) is 0. The third-order valence-electron chi connectivity index (χ3n) is 4.98. The van der Waals surface area contributed by atoms with Crippen molar-refractivity contribution in [3.63, 3.8) is 0 Å². The Hall–Kier alpha value is -1.69. The minimum atomic E-state index is 0.163. The van der Waals surface area contributed by atoms with E-state index in [1.54, 1.807) is 11.3 Å². The lowest BCUT2D eigenvalue weighted by Crippen LogP contribution is -2.40. The Kier molecular flexibility index (Phi) is 3.71. The standard InChI is InChI=1S/C17H22N4OS/c1-11-10-23-16(19-11)12-4-3-5-21(9-12)17(22)15-6-14(15)13-7-18-20(2)8-13/h7-8,10,12,14-15H,3-6,9H2,1-2H3/t12-,14+,15-/m1/s1. The van der Waals surface area contributed by atoms with Crippen molar-refractivity contribution in [2.45, 2.75) is 38.0 Å². The van der Waals surface area contributed by atoms with E-state index in [2.05, 4.69) is 20.4 Å². The molecule has 0 radical (unpaired) electrons. The average Bonchev–Trinajstić information content (AvgIpc) is 3.04. The molecule has 1 aliphatic heterocycles. The molecule has 3 atom stereocenters. The Labute approximate surface area is 140 Å². The molecule has 5 nitrogen and oxygen atoms in total. The molecule has 1 saturated carbocycles. The third-order valence-corrected chi connectivity index (χ3v) is 6.10. The van der Waals surface area contributed by atoms with Gasteiger partial charge in [-0.2, -0.15) is 5.10 Å². The number of hydrogen-bond acceptors (Lipinski definition) is 4. The van der Waals surface area contributed by atoms with E-state index in [9.17, 15) is 4.79 Å². The van der Waals surface area contributed by atoms with Crippen molar-refractivity contribution in [2.24, 2.45) is 13.0 Å². The summed E-state index contributed by atoms with van der Waals surface area (Å²) in [6.07, 6.45) is 7.14. The van der Waals surface area contributed by atoms with E-state index in [-0.39, 0.29) is 5.92 Å². The summed E-state index contributed by atoms with van der Waals surface area (Å²) in [6.45, 7) is 3.77. The highest BCUT2D eigenvalue weighted by Crippen LogP contribution is 2.48. The van der Waals surface area contributed by atoms with Crippen LogP contribution < -0.4 is 0 Å². The molecule has 1 saturated heterocycles. The minimum Gasteiger partial charge on any atom is -0.342 e. The van der Waals surface area contributed by atoms with Crippen LogP contribution in [0.4, 0.5) is 0 Å². The van der Waals surface area contributed by atoms with Gasteiger partial charge in [-0.3, -0.25) is 9.48 Å². The van der Waals surface area contributed by atoms with Crippen molar-refractivity contribution in [2.75, 3.05) is 13.1 Å². The molecule has 0 bridgehead atoms. The van der Waals surface area contributed by atoms with Crippen LogP contribution in [0.15, 0.2) is 17.8 Å². The van der Waals surface area contributed by atoms with Crippen LogP contribution in [0.2, 0.25) is 0 Å². The highest BCUT2D eigenvalue weighted by molar-refractivity contribution is 7.09. The first-order valence-electron chi connectivity index (χ1n) is 8.31. The van der Waals surface area contributed by atoms with E-state index in [1.807, 2.05) is 31.0 Å². The van der Waals surface area contributed by atoms with Crippen molar-refractivity contribution in [1.29, 1.82) is 0 Å². The lowest BCUT2D eigenvalue weighted by molar-refractivity contribution is -0.133. The normalized spacial score (nSPS) is 27.2. The smallest absolute Gasteiger partial charge is 0.226 e. The number of amides is 1. The number of likely N-dealkylation sites (tertiary alicyclic amines) is 1. The zero-order valence-electron chi connectivity index (χ0n) is 13.6. The molecule has 0 unspecified atom stereocenters. The van der Waals surface area contributed by atoms with Gasteiger partial charge in [-0.05, 0) is 37.7 Å². The molecular formula is C17H22N4OS. The number of carbonyl (C=O) groups excluding carboxylic acids is 1. The van der Waals surface area contributed by atoms with Gasteiger partial charge in [0.15, 0.2) is 0 Å². The Morgan fingerprint density at radius 2 is 2.30 bits per heavy atom. The van der Waals surface area contributed by atoms with E-state index < -0.39 is 0 Å². The fourth-order valence-electron chi connectivity index (χ4n) is 3.64. The predicted octanol–water partition coefficient (Wildman–Crippen LogP) is 2.69. The van der Waals surface area contributed by atoms with Crippen LogP contribution in [-0.4, -0.2) is 38.7 Å². The minimum absolute atomic E-state index is 0.163. The Bertz CT molecular complexity index is 722. The molecule has 4 rings (SSSR count). The number of carbonyl (C=O) groups is 1. The predicted molar refractivity (Wildman–Crippen MR) is 89.5 cm³/mol. The molecule has 0 N–H and O–H groups in total. The number of thiazole rings is 1. The van der Waals surface area contributed by atoms with Crippen LogP contribution in [0.1, 0.15) is 47.4 Å². The maximum absolute atomic E-state index is 12.8. The second-order valence-electron chi connectivity index (χ2n) is 6.85. The summed E-state index contributed by atoms with van der Waals surface area (Å²) in [7, 11) is 1.92. The van der Waals surface area contributed by atoms with Crippen molar-refractivity contribution in [3.8, 4) is 0 Å². The highest BCUT2D eigenvalue weighted by atomic mass is 32.1. The largest absolute Gasteiger partial charge is 0.342 e. The van der Waals surface area contributed by atoms with Crippen LogP contribution in [0.5, 0.6) is 0 Å². The molecule has 2 aromatic rings. The summed E-state index contributed by atoms with van der Waals surface area (Å²) in [5.74, 6) is 1.29. The van der Waals surface area contributed by atoms with Gasteiger partial charge in [0, 0.05) is 49.2 Å². The molecule has 2 fully saturated rings. The molecule has 0 spiro atoms. The Balaban J connectivity index is 1.41. The lowest BCUT2D eigenvalue weighted by Gasteiger charge is -2.32. The second-order valence-corrected chi connectivity index (χ2v) is 7.74. The number of nitrogens with zero attached hydrogens (tertiary/aromatic N) is 4. The third kappa shape index (κ3) is 2.92. The number of aryl methyl sites for hydroxylation is 2. The summed E-state index contributed by atoms with van der Waals surface area (Å²) in [6, 6.07) is 0. The zero-order valence-corrected chi connectivity index (χ0v) is 14.4. The van der Waals surface area contributed by atoms with E-state index in [1.165, 1.54) is 10.6 Å². The van der Waals surface area contributed by atoms with Crippen LogP contribution in [-0.2, 0) is 11.8 Å². The maximum atomic E-state index is 12.8. The van der Waals surface area contributed by atoms with Crippen LogP contribution in [0.25, 0.3) is 0 Å². The molecule has 2 aliphatic rings. The first-order valence-corrected chi connectivity index (χ1v) is 9.19. The van der Waals surface area contributed by atoms with E-state index in [0.717, 1.165) is 38.0 Å². The number of aromatic nitrogens is 3. The van der Waals surface area contributed by atoms with Gasteiger partial charge in [-0.25, -0.2) is 4.98 Å². The van der Waals surface area contributed by atoms with Gasteiger partial charge in [-0.1, -0.05) is 0 Å². The topological polar surface area (TPSA) is 51.0 Å².